The molecular formula is C16H24ClN3O. The molecule has 2 saturated heterocycles. The Balaban J connectivity index is 1.37. The van der Waals surface area contributed by atoms with Gasteiger partial charge in [-0.1, -0.05) is 11.6 Å². The second kappa shape index (κ2) is 7.45. The first-order valence-corrected chi connectivity index (χ1v) is 8.23. The van der Waals surface area contributed by atoms with E-state index in [-0.39, 0.29) is 0 Å². The molecule has 1 atom stereocenters. The highest BCUT2D eigenvalue weighted by Gasteiger charge is 2.28. The number of nitrogens with zero attached hydrogens (tertiary/aromatic N) is 2. The Morgan fingerprint density at radius 2 is 1.90 bits per heavy atom. The molecule has 2 aliphatic heterocycles. The smallest absolute Gasteiger partial charge is 0.0594 e. The SMILES string of the molecule is Clc1ccc(NCCN2CCC(N3CCOCC3)C2)cc1. The summed E-state index contributed by atoms with van der Waals surface area (Å²) in [4.78, 5) is 5.15. The predicted octanol–water partition coefficient (Wildman–Crippen LogP) is 2.16. The minimum atomic E-state index is 0.726. The zero-order valence-corrected chi connectivity index (χ0v) is 13.2. The van der Waals surface area contributed by atoms with Crippen molar-refractivity contribution in [2.75, 3.05) is 57.8 Å². The van der Waals surface area contributed by atoms with Gasteiger partial charge in [-0.15, -0.1) is 0 Å². The third kappa shape index (κ3) is 4.33. The molecule has 1 aromatic rings. The van der Waals surface area contributed by atoms with Gasteiger partial charge in [0.25, 0.3) is 0 Å². The number of morpholine rings is 1. The zero-order chi connectivity index (χ0) is 14.5. The number of anilines is 1. The first-order chi connectivity index (χ1) is 10.3. The van der Waals surface area contributed by atoms with E-state index in [1.807, 2.05) is 24.3 Å². The Morgan fingerprint density at radius 3 is 2.67 bits per heavy atom. The number of nitrogens with one attached hydrogen (secondary N) is 1. The molecule has 2 heterocycles. The molecule has 0 aromatic heterocycles. The van der Waals surface area contributed by atoms with Crippen LogP contribution >= 0.6 is 11.6 Å². The number of halogens is 1. The van der Waals surface area contributed by atoms with Crippen LogP contribution in [0, 0.1) is 0 Å². The Labute approximate surface area is 132 Å². The highest BCUT2D eigenvalue weighted by Crippen LogP contribution is 2.17. The monoisotopic (exact) mass is 309 g/mol. The van der Waals surface area contributed by atoms with Crippen LogP contribution in [0.4, 0.5) is 5.69 Å². The topological polar surface area (TPSA) is 27.7 Å². The maximum Gasteiger partial charge on any atom is 0.0594 e. The van der Waals surface area contributed by atoms with E-state index >= 15 is 0 Å². The Morgan fingerprint density at radius 1 is 1.14 bits per heavy atom. The average Bonchev–Trinajstić information content (AvgIpc) is 2.99. The Hall–Kier alpha value is -0.810. The van der Waals surface area contributed by atoms with E-state index < -0.39 is 0 Å². The molecule has 5 heteroatoms. The van der Waals surface area contributed by atoms with Crippen LogP contribution in [0.1, 0.15) is 6.42 Å². The Bertz CT molecular complexity index is 434. The molecule has 4 nitrogen and oxygen atoms in total. The Kier molecular flexibility index (Phi) is 5.36. The molecule has 21 heavy (non-hydrogen) atoms. The molecule has 0 bridgehead atoms. The van der Waals surface area contributed by atoms with Gasteiger partial charge < -0.3 is 10.1 Å². The van der Waals surface area contributed by atoms with E-state index in [4.69, 9.17) is 16.3 Å². The van der Waals surface area contributed by atoms with Crippen LogP contribution in [-0.4, -0.2) is 68.3 Å². The normalized spacial score (nSPS) is 24.3. The summed E-state index contributed by atoms with van der Waals surface area (Å²) in [5.74, 6) is 0. The number of hydrogen-bond donors (Lipinski definition) is 1. The van der Waals surface area contributed by atoms with E-state index in [0.717, 1.165) is 56.1 Å². The van der Waals surface area contributed by atoms with Gasteiger partial charge in [0.15, 0.2) is 0 Å². The standard InChI is InChI=1S/C16H24ClN3O/c17-14-1-3-15(4-2-14)18-6-8-19-7-5-16(13-19)20-9-11-21-12-10-20/h1-4,16,18H,5-13H2. The molecule has 0 radical (unpaired) electrons. The molecule has 3 rings (SSSR count). The maximum atomic E-state index is 5.89. The van der Waals surface area contributed by atoms with Crippen molar-refractivity contribution in [2.24, 2.45) is 0 Å². The number of ether oxygens (including phenoxy) is 1. The molecule has 2 fully saturated rings. The minimum Gasteiger partial charge on any atom is -0.384 e. The van der Waals surface area contributed by atoms with Crippen LogP contribution < -0.4 is 5.32 Å². The van der Waals surface area contributed by atoms with Crippen molar-refractivity contribution in [3.05, 3.63) is 29.3 Å². The summed E-state index contributed by atoms with van der Waals surface area (Å²) in [6.07, 6.45) is 1.29. The van der Waals surface area contributed by atoms with E-state index in [9.17, 15) is 0 Å². The van der Waals surface area contributed by atoms with Gasteiger partial charge >= 0.3 is 0 Å². The molecule has 116 valence electrons. The van der Waals surface area contributed by atoms with Gasteiger partial charge in [0.2, 0.25) is 0 Å². The van der Waals surface area contributed by atoms with Gasteiger partial charge in [0, 0.05) is 49.5 Å². The van der Waals surface area contributed by atoms with Gasteiger partial charge in [0.05, 0.1) is 13.2 Å². The van der Waals surface area contributed by atoms with E-state index in [1.54, 1.807) is 0 Å². The zero-order valence-electron chi connectivity index (χ0n) is 12.4. The largest absolute Gasteiger partial charge is 0.384 e. The van der Waals surface area contributed by atoms with Gasteiger partial charge in [0.1, 0.15) is 0 Å². The summed E-state index contributed by atoms with van der Waals surface area (Å²) in [5.41, 5.74) is 1.14. The number of benzene rings is 1. The van der Waals surface area contributed by atoms with Crippen LogP contribution in [0.3, 0.4) is 0 Å². The van der Waals surface area contributed by atoms with Crippen molar-refractivity contribution in [1.29, 1.82) is 0 Å². The van der Waals surface area contributed by atoms with Crippen molar-refractivity contribution in [3.63, 3.8) is 0 Å². The van der Waals surface area contributed by atoms with Crippen molar-refractivity contribution in [1.82, 2.24) is 9.80 Å². The predicted molar refractivity (Wildman–Crippen MR) is 87.2 cm³/mol. The van der Waals surface area contributed by atoms with Crippen LogP contribution in [0.2, 0.25) is 5.02 Å². The van der Waals surface area contributed by atoms with Gasteiger partial charge in [-0.2, -0.15) is 0 Å². The molecule has 1 unspecified atom stereocenters. The summed E-state index contributed by atoms with van der Waals surface area (Å²) in [6.45, 7) is 8.49. The number of likely N-dealkylation sites (tertiary alicyclic amines) is 1. The summed E-state index contributed by atoms with van der Waals surface area (Å²) in [7, 11) is 0. The van der Waals surface area contributed by atoms with Crippen molar-refractivity contribution in [2.45, 2.75) is 12.5 Å². The lowest BCUT2D eigenvalue weighted by Crippen LogP contribution is -2.44. The molecule has 1 aromatic carbocycles. The second-order valence-corrected chi connectivity index (χ2v) is 6.26. The first kappa shape index (κ1) is 15.1. The van der Waals surface area contributed by atoms with Crippen molar-refractivity contribution < 1.29 is 4.74 Å². The lowest BCUT2D eigenvalue weighted by atomic mass is 10.2. The third-order valence-electron chi connectivity index (χ3n) is 4.41. The second-order valence-electron chi connectivity index (χ2n) is 5.83. The number of rotatable bonds is 5. The summed E-state index contributed by atoms with van der Waals surface area (Å²) in [5, 5.41) is 4.24. The van der Waals surface area contributed by atoms with Crippen molar-refractivity contribution >= 4 is 17.3 Å². The quantitative estimate of drug-likeness (QED) is 0.902. The highest BCUT2D eigenvalue weighted by atomic mass is 35.5. The third-order valence-corrected chi connectivity index (χ3v) is 4.66. The van der Waals surface area contributed by atoms with Gasteiger partial charge in [-0.25, -0.2) is 0 Å². The summed E-state index contributed by atoms with van der Waals surface area (Å²) in [6, 6.07) is 8.64. The minimum absolute atomic E-state index is 0.726. The van der Waals surface area contributed by atoms with Crippen molar-refractivity contribution in [3.8, 4) is 0 Å². The summed E-state index contributed by atoms with van der Waals surface area (Å²) < 4.78 is 5.43. The van der Waals surface area contributed by atoms with Gasteiger partial charge in [-0.05, 0) is 37.2 Å². The number of hydrogen-bond acceptors (Lipinski definition) is 4. The molecule has 2 aliphatic rings. The average molecular weight is 310 g/mol. The fourth-order valence-corrected chi connectivity index (χ4v) is 3.31. The van der Waals surface area contributed by atoms with Crippen LogP contribution in [0.15, 0.2) is 24.3 Å². The molecule has 0 saturated carbocycles. The fourth-order valence-electron chi connectivity index (χ4n) is 3.18. The van der Waals surface area contributed by atoms with Crippen LogP contribution in [-0.2, 0) is 4.74 Å². The van der Waals surface area contributed by atoms with E-state index in [2.05, 4.69) is 15.1 Å². The van der Waals surface area contributed by atoms with Crippen LogP contribution in [0.5, 0.6) is 0 Å². The molecule has 0 amide bonds. The molecular weight excluding hydrogens is 286 g/mol. The summed E-state index contributed by atoms with van der Waals surface area (Å²) >= 11 is 5.89. The molecule has 0 spiro atoms. The van der Waals surface area contributed by atoms with Gasteiger partial charge in [-0.3, -0.25) is 9.80 Å². The highest BCUT2D eigenvalue weighted by molar-refractivity contribution is 6.30. The van der Waals surface area contributed by atoms with E-state index in [1.165, 1.54) is 19.5 Å². The molecule has 1 N–H and O–H groups in total. The first-order valence-electron chi connectivity index (χ1n) is 7.85. The maximum absolute atomic E-state index is 5.89. The lowest BCUT2D eigenvalue weighted by Gasteiger charge is -2.32. The van der Waals surface area contributed by atoms with E-state index in [0.29, 0.717) is 0 Å². The molecule has 0 aliphatic carbocycles. The van der Waals surface area contributed by atoms with Crippen LogP contribution in [0.25, 0.3) is 0 Å². The lowest BCUT2D eigenvalue weighted by molar-refractivity contribution is 0.0186. The fraction of sp³-hybridized carbons (Fsp3) is 0.625.